The van der Waals surface area contributed by atoms with Crippen molar-refractivity contribution in [2.45, 2.75) is 26.7 Å². The minimum absolute atomic E-state index is 0.0267. The number of fused-ring (bicyclic) bond motifs is 1. The van der Waals surface area contributed by atoms with Crippen molar-refractivity contribution in [3.8, 4) is 22.6 Å². The third-order valence-electron chi connectivity index (χ3n) is 5.31. The number of anilines is 1. The number of carbonyl (C=O) groups is 1. The number of amides is 1. The molecule has 0 saturated carbocycles. The second kappa shape index (κ2) is 7.23. The molecule has 0 N–H and O–H groups in total. The van der Waals surface area contributed by atoms with E-state index in [1.165, 1.54) is 0 Å². The molecule has 1 aromatic heterocycles. The fraction of sp³-hybridized carbons (Fsp3) is 0.500. The Hall–Kier alpha value is -2.54. The number of hydrogen-bond donors (Lipinski definition) is 0. The summed E-state index contributed by atoms with van der Waals surface area (Å²) in [4.78, 5) is 14.4. The van der Waals surface area contributed by atoms with Gasteiger partial charge < -0.3 is 23.6 Å². The van der Waals surface area contributed by atoms with Gasteiger partial charge in [0, 0.05) is 31.4 Å². The lowest BCUT2D eigenvalue weighted by atomic mass is 9.98. The van der Waals surface area contributed by atoms with E-state index in [2.05, 4.69) is 5.16 Å². The van der Waals surface area contributed by atoms with Gasteiger partial charge in [-0.3, -0.25) is 4.79 Å². The Labute approximate surface area is 158 Å². The average molecular weight is 372 g/mol. The summed E-state index contributed by atoms with van der Waals surface area (Å²) in [5, 5.41) is 4.04. The average Bonchev–Trinajstić information content (AvgIpc) is 3.02. The van der Waals surface area contributed by atoms with Gasteiger partial charge in [0.25, 0.3) is 5.91 Å². The number of methoxy groups -OCH3 is 1. The van der Waals surface area contributed by atoms with E-state index in [1.807, 2.05) is 30.9 Å². The maximum atomic E-state index is 12.6. The van der Waals surface area contributed by atoms with Crippen LogP contribution < -0.4 is 14.4 Å². The van der Waals surface area contributed by atoms with Crippen LogP contribution in [-0.4, -0.2) is 44.5 Å². The number of benzene rings is 1. The number of aryl methyl sites for hydroxylation is 2. The Morgan fingerprint density at radius 1 is 1.26 bits per heavy atom. The molecule has 1 fully saturated rings. The predicted octanol–water partition coefficient (Wildman–Crippen LogP) is 3.12. The van der Waals surface area contributed by atoms with Crippen molar-refractivity contribution in [1.82, 2.24) is 5.16 Å². The largest absolute Gasteiger partial charge is 0.496 e. The summed E-state index contributed by atoms with van der Waals surface area (Å²) in [7, 11) is 1.62. The van der Waals surface area contributed by atoms with Crippen LogP contribution in [0.15, 0.2) is 16.7 Å². The van der Waals surface area contributed by atoms with E-state index in [-0.39, 0.29) is 12.5 Å². The lowest BCUT2D eigenvalue weighted by Crippen LogP contribution is -2.42. The molecule has 0 unspecified atom stereocenters. The van der Waals surface area contributed by atoms with Crippen LogP contribution in [0.25, 0.3) is 11.1 Å². The summed E-state index contributed by atoms with van der Waals surface area (Å²) in [6.45, 7) is 5.99. The summed E-state index contributed by atoms with van der Waals surface area (Å²) in [5.41, 5.74) is 3.29. The van der Waals surface area contributed by atoms with Gasteiger partial charge in [-0.25, -0.2) is 0 Å². The van der Waals surface area contributed by atoms with E-state index in [1.54, 1.807) is 7.11 Å². The molecule has 3 heterocycles. The Balaban J connectivity index is 1.74. The minimum atomic E-state index is -0.0267. The zero-order chi connectivity index (χ0) is 19.0. The third-order valence-corrected chi connectivity index (χ3v) is 5.31. The Morgan fingerprint density at radius 2 is 2.04 bits per heavy atom. The number of nitrogens with zero attached hydrogens (tertiary/aromatic N) is 2. The predicted molar refractivity (Wildman–Crippen MR) is 99.4 cm³/mol. The van der Waals surface area contributed by atoms with Crippen molar-refractivity contribution in [3.63, 3.8) is 0 Å². The minimum Gasteiger partial charge on any atom is -0.496 e. The standard InChI is InChI=1S/C20H24N2O5/c1-12-20(13(2)27-21-12)15-8-18-16(9-17(15)24-3)22(19(23)11-26-18)10-14-4-6-25-7-5-14/h8-9,14H,4-7,10-11H2,1-3H3. The van der Waals surface area contributed by atoms with E-state index >= 15 is 0 Å². The molecule has 0 radical (unpaired) electrons. The van der Waals surface area contributed by atoms with Gasteiger partial charge in [0.2, 0.25) is 0 Å². The summed E-state index contributed by atoms with van der Waals surface area (Å²) in [5.74, 6) is 2.47. The number of rotatable bonds is 4. The Morgan fingerprint density at radius 3 is 2.70 bits per heavy atom. The number of aromatic nitrogens is 1. The van der Waals surface area contributed by atoms with E-state index < -0.39 is 0 Å². The van der Waals surface area contributed by atoms with Gasteiger partial charge in [-0.05, 0) is 38.7 Å². The highest BCUT2D eigenvalue weighted by molar-refractivity contribution is 5.99. The molecular formula is C20H24N2O5. The van der Waals surface area contributed by atoms with Crippen molar-refractivity contribution in [2.75, 3.05) is 38.4 Å². The van der Waals surface area contributed by atoms with Gasteiger partial charge >= 0.3 is 0 Å². The van der Waals surface area contributed by atoms with Crippen LogP contribution in [0.3, 0.4) is 0 Å². The van der Waals surface area contributed by atoms with Crippen molar-refractivity contribution in [1.29, 1.82) is 0 Å². The van der Waals surface area contributed by atoms with Crippen LogP contribution in [0.4, 0.5) is 5.69 Å². The number of hydrogen-bond acceptors (Lipinski definition) is 6. The summed E-state index contributed by atoms with van der Waals surface area (Å²) in [6.07, 6.45) is 1.93. The van der Waals surface area contributed by atoms with Crippen LogP contribution in [0.5, 0.6) is 11.5 Å². The first-order valence-corrected chi connectivity index (χ1v) is 9.24. The normalized spacial score (nSPS) is 17.6. The molecule has 0 spiro atoms. The third kappa shape index (κ3) is 3.27. The van der Waals surface area contributed by atoms with Crippen LogP contribution in [-0.2, 0) is 9.53 Å². The van der Waals surface area contributed by atoms with Gasteiger partial charge in [0.15, 0.2) is 6.61 Å². The molecule has 0 aliphatic carbocycles. The van der Waals surface area contributed by atoms with Gasteiger partial charge in [0.1, 0.15) is 17.3 Å². The highest BCUT2D eigenvalue weighted by Crippen LogP contribution is 2.44. The van der Waals surface area contributed by atoms with Crippen molar-refractivity contribution in [2.24, 2.45) is 5.92 Å². The number of ether oxygens (including phenoxy) is 3. The lowest BCUT2D eigenvalue weighted by Gasteiger charge is -2.34. The first-order valence-electron chi connectivity index (χ1n) is 9.24. The SMILES string of the molecule is COc1cc2c(cc1-c1c(C)noc1C)OCC(=O)N2CC1CCOCC1. The molecular weight excluding hydrogens is 348 g/mol. The molecule has 27 heavy (non-hydrogen) atoms. The molecule has 0 atom stereocenters. The van der Waals surface area contributed by atoms with Crippen molar-refractivity contribution >= 4 is 11.6 Å². The molecule has 4 rings (SSSR count). The van der Waals surface area contributed by atoms with Crippen LogP contribution in [0.2, 0.25) is 0 Å². The van der Waals surface area contributed by atoms with Gasteiger partial charge in [-0.2, -0.15) is 0 Å². The summed E-state index contributed by atoms with van der Waals surface area (Å²) in [6, 6.07) is 3.80. The van der Waals surface area contributed by atoms with Gasteiger partial charge in [0.05, 0.1) is 24.1 Å². The van der Waals surface area contributed by atoms with E-state index in [4.69, 9.17) is 18.7 Å². The highest BCUT2D eigenvalue weighted by Gasteiger charge is 2.31. The van der Waals surface area contributed by atoms with Crippen molar-refractivity contribution in [3.05, 3.63) is 23.6 Å². The molecule has 7 heteroatoms. The van der Waals surface area contributed by atoms with Crippen LogP contribution in [0, 0.1) is 19.8 Å². The van der Waals surface area contributed by atoms with Crippen molar-refractivity contribution < 1.29 is 23.5 Å². The molecule has 2 aliphatic rings. The molecule has 0 bridgehead atoms. The fourth-order valence-corrected chi connectivity index (χ4v) is 3.85. The smallest absolute Gasteiger partial charge is 0.265 e. The molecule has 1 saturated heterocycles. The van der Waals surface area contributed by atoms with E-state index in [0.717, 1.165) is 54.3 Å². The van der Waals surface area contributed by atoms with Crippen LogP contribution in [0.1, 0.15) is 24.3 Å². The van der Waals surface area contributed by atoms with Crippen LogP contribution >= 0.6 is 0 Å². The lowest BCUT2D eigenvalue weighted by molar-refractivity contribution is -0.121. The van der Waals surface area contributed by atoms with Gasteiger partial charge in [-0.15, -0.1) is 0 Å². The molecule has 1 aromatic carbocycles. The van der Waals surface area contributed by atoms with E-state index in [0.29, 0.717) is 24.0 Å². The summed E-state index contributed by atoms with van der Waals surface area (Å²) >= 11 is 0. The fourth-order valence-electron chi connectivity index (χ4n) is 3.85. The number of carbonyl (C=O) groups excluding carboxylic acids is 1. The first kappa shape index (κ1) is 17.9. The maximum absolute atomic E-state index is 12.6. The maximum Gasteiger partial charge on any atom is 0.265 e. The topological polar surface area (TPSA) is 74.0 Å². The molecule has 1 amide bonds. The Bertz CT molecular complexity index is 835. The zero-order valence-electron chi connectivity index (χ0n) is 15.9. The van der Waals surface area contributed by atoms with Gasteiger partial charge in [-0.1, -0.05) is 5.16 Å². The molecule has 144 valence electrons. The highest BCUT2D eigenvalue weighted by atomic mass is 16.5. The monoisotopic (exact) mass is 372 g/mol. The Kier molecular flexibility index (Phi) is 4.78. The molecule has 7 nitrogen and oxygen atoms in total. The first-order chi connectivity index (χ1) is 13.1. The second-order valence-electron chi connectivity index (χ2n) is 7.07. The molecule has 2 aromatic rings. The second-order valence-corrected chi connectivity index (χ2v) is 7.07. The quantitative estimate of drug-likeness (QED) is 0.821. The van der Waals surface area contributed by atoms with E-state index in [9.17, 15) is 4.79 Å². The zero-order valence-corrected chi connectivity index (χ0v) is 15.9. The molecule has 2 aliphatic heterocycles. The summed E-state index contributed by atoms with van der Waals surface area (Å²) < 4.78 is 22.1.